The molecule has 0 heterocycles. The van der Waals surface area contributed by atoms with E-state index in [-0.39, 0.29) is 12.3 Å². The van der Waals surface area contributed by atoms with Crippen LogP contribution in [0, 0.1) is 0 Å². The smallest absolute Gasteiger partial charge is 0.231 e. The molecule has 0 atom stereocenters. The number of hydrogen-bond donors (Lipinski definition) is 2. The van der Waals surface area contributed by atoms with Crippen molar-refractivity contribution in [2.75, 3.05) is 31.0 Å². The molecule has 7 heteroatoms. The Bertz CT molecular complexity index is 876. The number of nitrogens with zero attached hydrogens (tertiary/aromatic N) is 1. The summed E-state index contributed by atoms with van der Waals surface area (Å²) in [6.45, 7) is 6.92. The number of nitrogens with one attached hydrogen (secondary N) is 2. The topological polar surface area (TPSA) is 89.0 Å². The van der Waals surface area contributed by atoms with Gasteiger partial charge in [-0.3, -0.25) is 9.79 Å². The molecule has 2 rings (SSSR count). The molecule has 2 aromatic carbocycles. The van der Waals surface area contributed by atoms with Gasteiger partial charge in [-0.15, -0.1) is 0 Å². The molecule has 2 aromatic rings. The lowest BCUT2D eigenvalue weighted by atomic mass is 10.1. The van der Waals surface area contributed by atoms with Crippen LogP contribution in [0.1, 0.15) is 18.9 Å². The molecule has 29 heavy (non-hydrogen) atoms. The number of carbonyl (C=O) groups excluding carboxylic acids is 2. The predicted octanol–water partition coefficient (Wildman–Crippen LogP) is 4.04. The van der Waals surface area contributed by atoms with E-state index >= 15 is 0 Å². The minimum Gasteiger partial charge on any atom is -0.491 e. The van der Waals surface area contributed by atoms with Gasteiger partial charge in [0.2, 0.25) is 5.91 Å². The van der Waals surface area contributed by atoms with Crippen LogP contribution >= 0.6 is 0 Å². The molecule has 7 nitrogen and oxygen atoms in total. The normalized spacial score (nSPS) is 10.6. The fourth-order valence-electron chi connectivity index (χ4n) is 2.51. The molecule has 0 aromatic heterocycles. The van der Waals surface area contributed by atoms with Gasteiger partial charge in [0.25, 0.3) is 0 Å². The molecule has 0 aliphatic heterocycles. The van der Waals surface area contributed by atoms with Gasteiger partial charge in [-0.25, -0.2) is 0 Å². The molecule has 0 bridgehead atoms. The molecule has 2 N–H and O–H groups in total. The van der Waals surface area contributed by atoms with Crippen LogP contribution in [0.5, 0.6) is 5.75 Å². The number of aldehydes is 1. The van der Waals surface area contributed by atoms with E-state index in [0.29, 0.717) is 36.6 Å². The van der Waals surface area contributed by atoms with Crippen molar-refractivity contribution in [3.63, 3.8) is 0 Å². The van der Waals surface area contributed by atoms with Crippen molar-refractivity contribution in [1.82, 2.24) is 0 Å². The summed E-state index contributed by atoms with van der Waals surface area (Å²) in [5.41, 5.74) is 3.66. The summed E-state index contributed by atoms with van der Waals surface area (Å²) in [6.07, 6.45) is 2.12. The second-order valence-electron chi connectivity index (χ2n) is 6.01. The maximum absolute atomic E-state index is 11.5. The van der Waals surface area contributed by atoms with Gasteiger partial charge in [0.05, 0.1) is 18.7 Å². The largest absolute Gasteiger partial charge is 0.491 e. The van der Waals surface area contributed by atoms with Crippen molar-refractivity contribution in [1.29, 1.82) is 0 Å². The molecule has 0 radical (unpaired) electrons. The first-order valence-electron chi connectivity index (χ1n) is 9.11. The van der Waals surface area contributed by atoms with Crippen LogP contribution in [0.15, 0.2) is 54.0 Å². The van der Waals surface area contributed by atoms with E-state index in [1.54, 1.807) is 25.5 Å². The van der Waals surface area contributed by atoms with Crippen LogP contribution in [-0.2, 0) is 14.3 Å². The number of amides is 1. The molecular weight excluding hydrogens is 370 g/mol. The number of methoxy groups -OCH3 is 1. The molecule has 152 valence electrons. The zero-order valence-electron chi connectivity index (χ0n) is 16.6. The zero-order valence-corrected chi connectivity index (χ0v) is 16.6. The molecule has 0 saturated heterocycles. The number of carbonyl (C=O) groups is 2. The highest BCUT2D eigenvalue weighted by Crippen LogP contribution is 2.31. The van der Waals surface area contributed by atoms with E-state index in [9.17, 15) is 9.59 Å². The lowest BCUT2D eigenvalue weighted by molar-refractivity contribution is -0.119. The molecule has 0 aliphatic rings. The van der Waals surface area contributed by atoms with Crippen LogP contribution in [0.3, 0.4) is 0 Å². The number of anilines is 2. The molecule has 0 spiro atoms. The molecular formula is C22H25N3O4. The van der Waals surface area contributed by atoms with E-state index in [0.717, 1.165) is 16.9 Å². The van der Waals surface area contributed by atoms with Gasteiger partial charge >= 0.3 is 0 Å². The third kappa shape index (κ3) is 6.90. The highest BCUT2D eigenvalue weighted by molar-refractivity contribution is 5.98. The van der Waals surface area contributed by atoms with Crippen molar-refractivity contribution in [3.05, 3.63) is 54.6 Å². The molecule has 1 amide bonds. The quantitative estimate of drug-likeness (QED) is 0.259. The highest BCUT2D eigenvalue weighted by Gasteiger charge is 2.08. The fourth-order valence-corrected chi connectivity index (χ4v) is 2.51. The minimum atomic E-state index is -0.347. The maximum atomic E-state index is 11.5. The second-order valence-corrected chi connectivity index (χ2v) is 6.01. The summed E-state index contributed by atoms with van der Waals surface area (Å²) >= 11 is 0. The molecule has 0 aliphatic carbocycles. The third-order valence-corrected chi connectivity index (χ3v) is 3.85. The summed E-state index contributed by atoms with van der Waals surface area (Å²) in [4.78, 5) is 26.2. The van der Waals surface area contributed by atoms with Crippen LogP contribution in [0.25, 0.3) is 5.70 Å². The first kappa shape index (κ1) is 21.8. The first-order valence-corrected chi connectivity index (χ1v) is 9.11. The van der Waals surface area contributed by atoms with Crippen molar-refractivity contribution in [3.8, 4) is 5.75 Å². The van der Waals surface area contributed by atoms with Gasteiger partial charge in [-0.05, 0) is 43.3 Å². The van der Waals surface area contributed by atoms with Gasteiger partial charge in [-0.2, -0.15) is 0 Å². The van der Waals surface area contributed by atoms with Crippen LogP contribution < -0.4 is 15.4 Å². The van der Waals surface area contributed by atoms with E-state index in [4.69, 9.17) is 9.47 Å². The number of benzene rings is 2. The fraction of sp³-hybridized carbons (Fsp3) is 0.227. The Labute approximate surface area is 170 Å². The van der Waals surface area contributed by atoms with Crippen molar-refractivity contribution < 1.29 is 19.1 Å². The average Bonchev–Trinajstić information content (AvgIpc) is 2.70. The first-order chi connectivity index (χ1) is 14.1. The summed E-state index contributed by atoms with van der Waals surface area (Å²) in [6, 6.07) is 12.7. The van der Waals surface area contributed by atoms with E-state index in [1.165, 1.54) is 0 Å². The molecule has 0 saturated carbocycles. The molecule has 0 fully saturated rings. The summed E-state index contributed by atoms with van der Waals surface area (Å²) < 4.78 is 10.6. The Kier molecular flexibility index (Phi) is 8.59. The Balaban J connectivity index is 2.09. The predicted molar refractivity (Wildman–Crippen MR) is 116 cm³/mol. The second kappa shape index (κ2) is 11.4. The van der Waals surface area contributed by atoms with Crippen molar-refractivity contribution in [2.24, 2.45) is 4.99 Å². The van der Waals surface area contributed by atoms with Crippen LogP contribution in [0.4, 0.5) is 17.1 Å². The van der Waals surface area contributed by atoms with Crippen LogP contribution in [-0.4, -0.2) is 38.7 Å². The van der Waals surface area contributed by atoms with E-state index in [1.807, 2.05) is 37.3 Å². The summed E-state index contributed by atoms with van der Waals surface area (Å²) in [7, 11) is 1.63. The zero-order chi connectivity index (χ0) is 21.1. The lowest BCUT2D eigenvalue weighted by Gasteiger charge is -2.14. The highest BCUT2D eigenvalue weighted by atomic mass is 16.5. The van der Waals surface area contributed by atoms with Gasteiger partial charge in [0.1, 0.15) is 18.6 Å². The molecule has 0 unspecified atom stereocenters. The van der Waals surface area contributed by atoms with Gasteiger partial charge in [-0.1, -0.05) is 6.58 Å². The third-order valence-electron chi connectivity index (χ3n) is 3.85. The van der Waals surface area contributed by atoms with Crippen LogP contribution in [0.2, 0.25) is 0 Å². The Morgan fingerprint density at radius 3 is 2.41 bits per heavy atom. The number of ether oxygens (including phenoxy) is 2. The van der Waals surface area contributed by atoms with Crippen molar-refractivity contribution in [2.45, 2.75) is 13.3 Å². The maximum Gasteiger partial charge on any atom is 0.231 e. The number of rotatable bonds is 11. The Hall–Kier alpha value is -3.45. The van der Waals surface area contributed by atoms with Crippen molar-refractivity contribution >= 4 is 41.2 Å². The Morgan fingerprint density at radius 1 is 1.10 bits per heavy atom. The number of aliphatic imine (C=N–C) groups is 1. The van der Waals surface area contributed by atoms with Gasteiger partial charge in [0.15, 0.2) is 0 Å². The van der Waals surface area contributed by atoms with Gasteiger partial charge in [0, 0.05) is 42.0 Å². The SMILES string of the molecule is C=C(Nc1ccc(NC(=O)CC=O)cc1)c1ccc(OCCOC)cc1N=CC. The summed E-state index contributed by atoms with van der Waals surface area (Å²) in [5, 5.41) is 5.88. The standard InChI is InChI=1S/C22H25N3O4/c1-4-23-21-15-19(29-14-13-28-3)9-10-20(21)16(2)24-17-5-7-18(8-6-17)25-22(27)11-12-26/h4-10,12,15,24H,2,11,13-14H2,1,3H3,(H,25,27). The van der Waals surface area contributed by atoms with E-state index in [2.05, 4.69) is 22.2 Å². The lowest BCUT2D eigenvalue weighted by Crippen LogP contribution is -2.11. The van der Waals surface area contributed by atoms with E-state index < -0.39 is 0 Å². The minimum absolute atomic E-state index is 0.164. The number of hydrogen-bond acceptors (Lipinski definition) is 6. The Morgan fingerprint density at radius 2 is 1.79 bits per heavy atom. The average molecular weight is 395 g/mol. The monoisotopic (exact) mass is 395 g/mol. The summed E-state index contributed by atoms with van der Waals surface area (Å²) in [5.74, 6) is 0.356. The van der Waals surface area contributed by atoms with Gasteiger partial charge < -0.3 is 24.9 Å².